The van der Waals surface area contributed by atoms with Gasteiger partial charge in [0, 0.05) is 55.3 Å². The molecule has 0 atom stereocenters. The third kappa shape index (κ3) is 5.03. The fraction of sp³-hybridized carbons (Fsp3) is 0.211. The summed E-state index contributed by atoms with van der Waals surface area (Å²) in [6, 6.07) is 9.13. The van der Waals surface area contributed by atoms with Gasteiger partial charge in [-0.3, -0.25) is 19.6 Å². The van der Waals surface area contributed by atoms with Crippen LogP contribution in [0.1, 0.15) is 28.9 Å². The Kier molecular flexibility index (Phi) is 6.16. The molecule has 26 heavy (non-hydrogen) atoms. The van der Waals surface area contributed by atoms with Gasteiger partial charge < -0.3 is 5.32 Å². The summed E-state index contributed by atoms with van der Waals surface area (Å²) >= 11 is 1.54. The van der Waals surface area contributed by atoms with Crippen LogP contribution >= 0.6 is 11.3 Å². The van der Waals surface area contributed by atoms with Crippen molar-refractivity contribution in [1.29, 1.82) is 0 Å². The first-order valence-electron chi connectivity index (χ1n) is 8.28. The minimum Gasteiger partial charge on any atom is -0.356 e. The van der Waals surface area contributed by atoms with Crippen molar-refractivity contribution in [2.75, 3.05) is 6.54 Å². The summed E-state index contributed by atoms with van der Waals surface area (Å²) in [7, 11) is 0. The quantitative estimate of drug-likeness (QED) is 0.620. The number of hydrogen-bond donors (Lipinski definition) is 1. The minimum atomic E-state index is -0.137. The van der Waals surface area contributed by atoms with Crippen LogP contribution in [0.3, 0.4) is 0 Å². The summed E-state index contributed by atoms with van der Waals surface area (Å²) in [6.07, 6.45) is 5.86. The number of nitrogens with zero attached hydrogens (tertiary/aromatic N) is 3. The standard InChI is InChI=1S/C19H18N4O2S/c24-17(14-4-3-9-20-12-14)6-7-18(25)22-11-8-15-13-26-19(23-15)16-5-1-2-10-21-16/h1-5,9-10,12-13H,6-8,11H2,(H,22,25). The molecule has 0 saturated carbocycles. The molecule has 1 N–H and O–H groups in total. The Hall–Kier alpha value is -2.93. The van der Waals surface area contributed by atoms with E-state index in [1.807, 2.05) is 23.6 Å². The van der Waals surface area contributed by atoms with E-state index in [9.17, 15) is 9.59 Å². The lowest BCUT2D eigenvalue weighted by atomic mass is 10.1. The Balaban J connectivity index is 1.40. The van der Waals surface area contributed by atoms with Gasteiger partial charge in [-0.05, 0) is 24.3 Å². The van der Waals surface area contributed by atoms with Gasteiger partial charge in [0.2, 0.25) is 5.91 Å². The first-order valence-corrected chi connectivity index (χ1v) is 9.16. The number of pyridine rings is 2. The van der Waals surface area contributed by atoms with Crippen LogP contribution < -0.4 is 5.32 Å². The first kappa shape index (κ1) is 17.9. The average Bonchev–Trinajstić information content (AvgIpc) is 3.16. The Bertz CT molecular complexity index is 866. The highest BCUT2D eigenvalue weighted by Crippen LogP contribution is 2.21. The Morgan fingerprint density at radius 2 is 2.00 bits per heavy atom. The van der Waals surface area contributed by atoms with Gasteiger partial charge in [-0.1, -0.05) is 6.07 Å². The molecule has 0 aliphatic heterocycles. The number of rotatable bonds is 8. The number of aromatic nitrogens is 3. The fourth-order valence-corrected chi connectivity index (χ4v) is 3.18. The number of amides is 1. The molecule has 3 heterocycles. The van der Waals surface area contributed by atoms with Crippen LogP contribution in [-0.4, -0.2) is 33.2 Å². The number of carbonyl (C=O) groups excluding carboxylic acids is 2. The van der Waals surface area contributed by atoms with Gasteiger partial charge in [0.05, 0.1) is 11.4 Å². The van der Waals surface area contributed by atoms with Crippen molar-refractivity contribution in [2.24, 2.45) is 0 Å². The van der Waals surface area contributed by atoms with E-state index in [2.05, 4.69) is 20.3 Å². The van der Waals surface area contributed by atoms with Gasteiger partial charge in [-0.25, -0.2) is 4.98 Å². The van der Waals surface area contributed by atoms with Gasteiger partial charge >= 0.3 is 0 Å². The molecule has 1 amide bonds. The highest BCUT2D eigenvalue weighted by Gasteiger charge is 2.10. The van der Waals surface area contributed by atoms with Crippen LogP contribution in [0.4, 0.5) is 0 Å². The first-order chi connectivity index (χ1) is 12.7. The SMILES string of the molecule is O=C(CCC(=O)c1cccnc1)NCCc1csc(-c2ccccn2)n1. The topological polar surface area (TPSA) is 84.8 Å². The fourth-order valence-electron chi connectivity index (χ4n) is 2.35. The molecule has 6 nitrogen and oxygen atoms in total. The van der Waals surface area contributed by atoms with Crippen molar-refractivity contribution >= 4 is 23.0 Å². The second-order valence-corrected chi connectivity index (χ2v) is 6.48. The van der Waals surface area contributed by atoms with Crippen molar-refractivity contribution in [2.45, 2.75) is 19.3 Å². The maximum atomic E-state index is 11.9. The predicted octanol–water partition coefficient (Wildman–Crippen LogP) is 2.92. The summed E-state index contributed by atoms with van der Waals surface area (Å²) in [4.78, 5) is 36.6. The Morgan fingerprint density at radius 3 is 2.77 bits per heavy atom. The highest BCUT2D eigenvalue weighted by atomic mass is 32.1. The molecular formula is C19H18N4O2S. The lowest BCUT2D eigenvalue weighted by Crippen LogP contribution is -2.26. The zero-order chi connectivity index (χ0) is 18.2. The normalized spacial score (nSPS) is 10.5. The Morgan fingerprint density at radius 1 is 1.08 bits per heavy atom. The summed E-state index contributed by atoms with van der Waals surface area (Å²) in [6.45, 7) is 0.491. The summed E-state index contributed by atoms with van der Waals surface area (Å²) in [5.74, 6) is -0.213. The zero-order valence-electron chi connectivity index (χ0n) is 14.1. The van der Waals surface area contributed by atoms with Crippen molar-refractivity contribution in [1.82, 2.24) is 20.3 Å². The molecule has 0 aromatic carbocycles. The molecule has 0 radical (unpaired) electrons. The van der Waals surface area contributed by atoms with E-state index in [-0.39, 0.29) is 24.5 Å². The van der Waals surface area contributed by atoms with E-state index in [4.69, 9.17) is 0 Å². The van der Waals surface area contributed by atoms with Gasteiger partial charge in [-0.15, -0.1) is 11.3 Å². The molecule has 0 aliphatic carbocycles. The van der Waals surface area contributed by atoms with E-state index < -0.39 is 0 Å². The summed E-state index contributed by atoms with van der Waals surface area (Å²) in [5, 5.41) is 5.67. The third-order valence-corrected chi connectivity index (χ3v) is 4.62. The van der Waals surface area contributed by atoms with Crippen molar-refractivity contribution in [3.05, 3.63) is 65.6 Å². The van der Waals surface area contributed by atoms with E-state index in [0.29, 0.717) is 18.5 Å². The van der Waals surface area contributed by atoms with Crippen LogP contribution in [0, 0.1) is 0 Å². The smallest absolute Gasteiger partial charge is 0.220 e. The van der Waals surface area contributed by atoms with Crippen LogP contribution in [0.5, 0.6) is 0 Å². The summed E-state index contributed by atoms with van der Waals surface area (Å²) < 4.78 is 0. The second kappa shape index (κ2) is 8.96. The monoisotopic (exact) mass is 366 g/mol. The maximum Gasteiger partial charge on any atom is 0.220 e. The van der Waals surface area contributed by atoms with Crippen LogP contribution in [0.15, 0.2) is 54.3 Å². The van der Waals surface area contributed by atoms with E-state index in [1.165, 1.54) is 17.5 Å². The Labute approximate surface area is 155 Å². The minimum absolute atomic E-state index is 0.0762. The molecule has 132 valence electrons. The molecule has 0 saturated heterocycles. The van der Waals surface area contributed by atoms with Crippen LogP contribution in [0.25, 0.3) is 10.7 Å². The van der Waals surface area contributed by atoms with Gasteiger partial charge in [0.1, 0.15) is 5.01 Å². The van der Waals surface area contributed by atoms with Crippen LogP contribution in [0.2, 0.25) is 0 Å². The third-order valence-electron chi connectivity index (χ3n) is 3.70. The molecular weight excluding hydrogens is 348 g/mol. The van der Waals surface area contributed by atoms with Crippen molar-refractivity contribution in [3.63, 3.8) is 0 Å². The molecule has 3 aromatic heterocycles. The van der Waals surface area contributed by atoms with Gasteiger partial charge in [0.15, 0.2) is 5.78 Å². The second-order valence-electron chi connectivity index (χ2n) is 5.62. The van der Waals surface area contributed by atoms with E-state index in [0.717, 1.165) is 16.4 Å². The number of hydrogen-bond acceptors (Lipinski definition) is 6. The number of carbonyl (C=O) groups is 2. The molecule has 0 fully saturated rings. The molecule has 0 unspecified atom stereocenters. The molecule has 3 rings (SSSR count). The number of ketones is 1. The lowest BCUT2D eigenvalue weighted by molar-refractivity contribution is -0.121. The number of Topliss-reactive ketones (excluding diaryl/α,β-unsaturated/α-hetero) is 1. The largest absolute Gasteiger partial charge is 0.356 e. The molecule has 7 heteroatoms. The lowest BCUT2D eigenvalue weighted by Gasteiger charge is -2.04. The van der Waals surface area contributed by atoms with Crippen molar-refractivity contribution in [3.8, 4) is 10.7 Å². The van der Waals surface area contributed by atoms with Gasteiger partial charge in [0.25, 0.3) is 0 Å². The van der Waals surface area contributed by atoms with Gasteiger partial charge in [-0.2, -0.15) is 0 Å². The average molecular weight is 366 g/mol. The van der Waals surface area contributed by atoms with E-state index >= 15 is 0 Å². The predicted molar refractivity (Wildman–Crippen MR) is 99.9 cm³/mol. The number of nitrogens with one attached hydrogen (secondary N) is 1. The summed E-state index contributed by atoms with van der Waals surface area (Å²) in [5.41, 5.74) is 2.30. The molecule has 0 aliphatic rings. The van der Waals surface area contributed by atoms with Crippen LogP contribution in [-0.2, 0) is 11.2 Å². The van der Waals surface area contributed by atoms with Crippen molar-refractivity contribution < 1.29 is 9.59 Å². The zero-order valence-corrected chi connectivity index (χ0v) is 14.9. The van der Waals surface area contributed by atoms with E-state index in [1.54, 1.807) is 24.5 Å². The maximum absolute atomic E-state index is 11.9. The highest BCUT2D eigenvalue weighted by molar-refractivity contribution is 7.13. The number of thiazole rings is 1. The molecule has 3 aromatic rings. The molecule has 0 bridgehead atoms. The molecule has 0 spiro atoms.